The first kappa shape index (κ1) is 18.1. The Labute approximate surface area is 150 Å². The van der Waals surface area contributed by atoms with Crippen molar-refractivity contribution in [1.82, 2.24) is 9.62 Å². The summed E-state index contributed by atoms with van der Waals surface area (Å²) < 4.78 is 26.6. The van der Waals surface area contributed by atoms with Crippen LogP contribution in [-0.4, -0.2) is 25.8 Å². The van der Waals surface area contributed by atoms with Crippen molar-refractivity contribution >= 4 is 10.0 Å². The van der Waals surface area contributed by atoms with Crippen molar-refractivity contribution in [2.75, 3.05) is 13.1 Å². The molecule has 1 fully saturated rings. The van der Waals surface area contributed by atoms with Gasteiger partial charge in [0.2, 0.25) is 10.0 Å². The van der Waals surface area contributed by atoms with Gasteiger partial charge in [-0.05, 0) is 49.9 Å². The number of aryl methyl sites for hydroxylation is 2. The van der Waals surface area contributed by atoms with E-state index < -0.39 is 10.0 Å². The van der Waals surface area contributed by atoms with Crippen LogP contribution in [0.15, 0.2) is 47.4 Å². The molecule has 3 rings (SSSR count). The summed E-state index contributed by atoms with van der Waals surface area (Å²) in [7, 11) is -3.32. The second-order valence-electron chi connectivity index (χ2n) is 6.85. The normalized spacial score (nSPS) is 15.6. The van der Waals surface area contributed by atoms with Crippen LogP contribution >= 0.6 is 0 Å². The van der Waals surface area contributed by atoms with Crippen molar-refractivity contribution in [2.45, 2.75) is 44.7 Å². The van der Waals surface area contributed by atoms with Crippen LogP contribution < -0.4 is 5.32 Å². The van der Waals surface area contributed by atoms with Gasteiger partial charge in [-0.25, -0.2) is 8.42 Å². The number of sulfonamides is 1. The number of rotatable bonds is 6. The third-order valence-corrected chi connectivity index (χ3v) is 6.48. The quantitative estimate of drug-likeness (QED) is 0.861. The van der Waals surface area contributed by atoms with Gasteiger partial charge in [0, 0.05) is 26.2 Å². The highest BCUT2D eigenvalue weighted by atomic mass is 32.2. The maximum absolute atomic E-state index is 12.5. The summed E-state index contributed by atoms with van der Waals surface area (Å²) in [5.74, 6) is 0. The van der Waals surface area contributed by atoms with Crippen molar-refractivity contribution in [2.24, 2.45) is 0 Å². The second kappa shape index (κ2) is 7.68. The lowest BCUT2D eigenvalue weighted by molar-refractivity contribution is 0.477. The predicted molar refractivity (Wildman–Crippen MR) is 101 cm³/mol. The Hall–Kier alpha value is -1.69. The van der Waals surface area contributed by atoms with Crippen molar-refractivity contribution in [3.8, 4) is 0 Å². The molecule has 0 amide bonds. The molecule has 1 saturated heterocycles. The molecule has 0 radical (unpaired) electrons. The Balaban J connectivity index is 1.59. The topological polar surface area (TPSA) is 49.4 Å². The summed E-state index contributed by atoms with van der Waals surface area (Å²) in [6, 6.07) is 13.8. The molecule has 0 atom stereocenters. The van der Waals surface area contributed by atoms with Crippen LogP contribution in [0.2, 0.25) is 0 Å². The zero-order valence-corrected chi connectivity index (χ0v) is 15.8. The molecule has 25 heavy (non-hydrogen) atoms. The third-order valence-electron chi connectivity index (χ3n) is 4.57. The maximum Gasteiger partial charge on any atom is 0.243 e. The molecule has 5 heteroatoms. The molecule has 0 unspecified atom stereocenters. The van der Waals surface area contributed by atoms with Gasteiger partial charge >= 0.3 is 0 Å². The largest absolute Gasteiger partial charge is 0.309 e. The lowest BCUT2D eigenvalue weighted by atomic mass is 10.1. The molecule has 1 aliphatic rings. The molecular formula is C20H26N2O2S. The molecule has 0 saturated carbocycles. The van der Waals surface area contributed by atoms with Crippen LogP contribution in [0.1, 0.15) is 35.1 Å². The van der Waals surface area contributed by atoms with E-state index in [-0.39, 0.29) is 0 Å². The number of nitrogens with zero attached hydrogens (tertiary/aromatic N) is 1. The van der Waals surface area contributed by atoms with E-state index >= 15 is 0 Å². The van der Waals surface area contributed by atoms with E-state index in [4.69, 9.17) is 0 Å². The third kappa shape index (κ3) is 4.48. The molecule has 2 aromatic rings. The minimum atomic E-state index is -3.32. The van der Waals surface area contributed by atoms with Crippen molar-refractivity contribution < 1.29 is 8.42 Å². The fourth-order valence-corrected chi connectivity index (χ4v) is 4.90. The Morgan fingerprint density at radius 3 is 2.04 bits per heavy atom. The summed E-state index contributed by atoms with van der Waals surface area (Å²) >= 11 is 0. The number of nitrogens with one attached hydrogen (secondary N) is 1. The van der Waals surface area contributed by atoms with Crippen molar-refractivity contribution in [3.63, 3.8) is 0 Å². The first-order chi connectivity index (χ1) is 11.9. The van der Waals surface area contributed by atoms with Gasteiger partial charge in [-0.3, -0.25) is 0 Å². The molecule has 134 valence electrons. The Kier molecular flexibility index (Phi) is 5.57. The van der Waals surface area contributed by atoms with Crippen LogP contribution in [-0.2, 0) is 23.1 Å². The monoisotopic (exact) mass is 358 g/mol. The Morgan fingerprint density at radius 1 is 0.880 bits per heavy atom. The van der Waals surface area contributed by atoms with Gasteiger partial charge in [-0.2, -0.15) is 4.31 Å². The molecule has 0 bridgehead atoms. The summed E-state index contributed by atoms with van der Waals surface area (Å²) in [6.07, 6.45) is 1.92. The van der Waals surface area contributed by atoms with Gasteiger partial charge < -0.3 is 5.32 Å². The van der Waals surface area contributed by atoms with Gasteiger partial charge in [-0.1, -0.05) is 41.5 Å². The Morgan fingerprint density at radius 2 is 1.44 bits per heavy atom. The average Bonchev–Trinajstić information content (AvgIpc) is 3.10. The number of hydrogen-bond donors (Lipinski definition) is 1. The summed E-state index contributed by atoms with van der Waals surface area (Å²) in [5, 5.41) is 3.43. The predicted octanol–water partition coefficient (Wildman–Crippen LogP) is 3.38. The second-order valence-corrected chi connectivity index (χ2v) is 8.79. The van der Waals surface area contributed by atoms with Crippen LogP contribution in [0.5, 0.6) is 0 Å². The molecule has 0 aromatic heterocycles. The van der Waals surface area contributed by atoms with E-state index in [1.807, 2.05) is 12.1 Å². The first-order valence-electron chi connectivity index (χ1n) is 8.82. The fraction of sp³-hybridized carbons (Fsp3) is 0.400. The molecule has 0 spiro atoms. The van der Waals surface area contributed by atoms with Crippen LogP contribution in [0.3, 0.4) is 0 Å². The summed E-state index contributed by atoms with van der Waals surface area (Å²) in [4.78, 5) is 0.396. The molecule has 1 heterocycles. The summed E-state index contributed by atoms with van der Waals surface area (Å²) in [5.41, 5.74) is 4.90. The maximum atomic E-state index is 12.5. The van der Waals surface area contributed by atoms with Crippen LogP contribution in [0, 0.1) is 13.8 Å². The van der Waals surface area contributed by atoms with E-state index in [0.717, 1.165) is 31.5 Å². The zero-order valence-electron chi connectivity index (χ0n) is 15.0. The van der Waals surface area contributed by atoms with E-state index in [9.17, 15) is 8.42 Å². The van der Waals surface area contributed by atoms with Gasteiger partial charge in [0.15, 0.2) is 0 Å². The van der Waals surface area contributed by atoms with E-state index in [2.05, 4.69) is 37.4 Å². The average molecular weight is 359 g/mol. The molecule has 1 aliphatic heterocycles. The van der Waals surface area contributed by atoms with E-state index in [0.29, 0.717) is 18.0 Å². The number of benzene rings is 2. The lowest BCUT2D eigenvalue weighted by Gasteiger charge is -2.15. The fourth-order valence-electron chi connectivity index (χ4n) is 3.38. The van der Waals surface area contributed by atoms with Crippen LogP contribution in [0.25, 0.3) is 0 Å². The lowest BCUT2D eigenvalue weighted by Crippen LogP contribution is -2.27. The van der Waals surface area contributed by atoms with E-state index in [1.54, 1.807) is 16.4 Å². The minimum Gasteiger partial charge on any atom is -0.309 e. The first-order valence-corrected chi connectivity index (χ1v) is 10.3. The highest BCUT2D eigenvalue weighted by Crippen LogP contribution is 2.21. The molecular weight excluding hydrogens is 332 g/mol. The number of hydrogen-bond acceptors (Lipinski definition) is 3. The summed E-state index contributed by atoms with van der Waals surface area (Å²) in [6.45, 7) is 7.02. The Bertz CT molecular complexity index is 803. The SMILES string of the molecule is Cc1cc(C)cc(CNCc2ccc(S(=O)(=O)N3CCCC3)cc2)c1. The van der Waals surface area contributed by atoms with Gasteiger partial charge in [0.25, 0.3) is 0 Å². The molecule has 0 aliphatic carbocycles. The zero-order chi connectivity index (χ0) is 17.9. The smallest absolute Gasteiger partial charge is 0.243 e. The van der Waals surface area contributed by atoms with Gasteiger partial charge in [0.1, 0.15) is 0 Å². The van der Waals surface area contributed by atoms with Gasteiger partial charge in [-0.15, -0.1) is 0 Å². The van der Waals surface area contributed by atoms with Crippen LogP contribution in [0.4, 0.5) is 0 Å². The standard InChI is InChI=1S/C20H26N2O2S/c1-16-11-17(2)13-19(12-16)15-21-14-18-5-7-20(8-6-18)25(23,24)22-9-3-4-10-22/h5-8,11-13,21H,3-4,9-10,14-15H2,1-2H3. The molecule has 4 nitrogen and oxygen atoms in total. The van der Waals surface area contributed by atoms with Crippen molar-refractivity contribution in [3.05, 3.63) is 64.7 Å². The highest BCUT2D eigenvalue weighted by Gasteiger charge is 2.26. The highest BCUT2D eigenvalue weighted by molar-refractivity contribution is 7.89. The molecule has 2 aromatic carbocycles. The van der Waals surface area contributed by atoms with Crippen molar-refractivity contribution in [1.29, 1.82) is 0 Å². The van der Waals surface area contributed by atoms with E-state index in [1.165, 1.54) is 16.7 Å². The van der Waals surface area contributed by atoms with Gasteiger partial charge in [0.05, 0.1) is 4.90 Å². The molecule has 1 N–H and O–H groups in total. The minimum absolute atomic E-state index is 0.396.